The molecule has 1 N–H and O–H groups in total. The molecule has 0 amide bonds. The van der Waals surface area contributed by atoms with E-state index in [0.29, 0.717) is 41.2 Å². The molecule has 41 heavy (non-hydrogen) atoms. The van der Waals surface area contributed by atoms with Gasteiger partial charge in [-0.15, -0.1) is 0 Å². The van der Waals surface area contributed by atoms with Crippen LogP contribution >= 0.6 is 0 Å². The number of rotatable bonds is 17. The van der Waals surface area contributed by atoms with Crippen molar-refractivity contribution in [2.75, 3.05) is 13.2 Å². The van der Waals surface area contributed by atoms with Crippen molar-refractivity contribution in [2.24, 2.45) is 5.92 Å². The van der Waals surface area contributed by atoms with Gasteiger partial charge in [-0.25, -0.2) is 14.0 Å². The molecule has 3 aromatic carbocycles. The van der Waals surface area contributed by atoms with Crippen LogP contribution in [0.15, 0.2) is 60.7 Å². The molecule has 0 aliphatic heterocycles. The number of carbonyl (C=O) groups excluding carboxylic acids is 1. The molecule has 220 valence electrons. The molecule has 0 aliphatic carbocycles. The molecule has 0 saturated carbocycles. The van der Waals surface area contributed by atoms with Crippen LogP contribution in [0, 0.1) is 11.7 Å². The summed E-state index contributed by atoms with van der Waals surface area (Å²) in [7, 11) is 0. The second-order valence-electron chi connectivity index (χ2n) is 10.7. The van der Waals surface area contributed by atoms with E-state index in [4.69, 9.17) is 9.47 Å². The summed E-state index contributed by atoms with van der Waals surface area (Å²) in [6.45, 7) is 7.11. The Bertz CT molecular complexity index is 1270. The van der Waals surface area contributed by atoms with E-state index in [1.54, 1.807) is 54.6 Å². The number of esters is 1. The minimum Gasteiger partial charge on any atom is -0.494 e. The molecule has 0 aliphatic rings. The molecule has 3 aromatic rings. The third kappa shape index (κ3) is 9.73. The van der Waals surface area contributed by atoms with Crippen LogP contribution in [0.3, 0.4) is 0 Å². The van der Waals surface area contributed by atoms with Crippen LogP contribution in [-0.4, -0.2) is 30.3 Å². The zero-order valence-corrected chi connectivity index (χ0v) is 24.6. The fraction of sp³-hybridized carbons (Fsp3) is 0.429. The van der Waals surface area contributed by atoms with E-state index < -0.39 is 17.8 Å². The van der Waals surface area contributed by atoms with Crippen LogP contribution in [0.4, 0.5) is 4.39 Å². The maximum absolute atomic E-state index is 15.0. The van der Waals surface area contributed by atoms with Crippen molar-refractivity contribution in [3.05, 3.63) is 77.6 Å². The molecule has 0 saturated heterocycles. The van der Waals surface area contributed by atoms with Crippen LogP contribution in [0.1, 0.15) is 99.3 Å². The zero-order valence-electron chi connectivity index (χ0n) is 24.6. The highest BCUT2D eigenvalue weighted by Gasteiger charge is 2.16. The van der Waals surface area contributed by atoms with Gasteiger partial charge in [-0.1, -0.05) is 102 Å². The number of benzene rings is 3. The lowest BCUT2D eigenvalue weighted by atomic mass is 9.96. The lowest BCUT2D eigenvalue weighted by molar-refractivity contribution is 0.0446. The number of hydrogen-bond acceptors (Lipinski definition) is 4. The smallest absolute Gasteiger partial charge is 0.338 e. The fourth-order valence-electron chi connectivity index (χ4n) is 4.59. The van der Waals surface area contributed by atoms with Crippen molar-refractivity contribution >= 4 is 11.9 Å². The molecule has 0 bridgehead atoms. The Morgan fingerprint density at radius 1 is 0.805 bits per heavy atom. The Labute approximate surface area is 243 Å². The first-order chi connectivity index (χ1) is 19.8. The van der Waals surface area contributed by atoms with E-state index in [0.717, 1.165) is 19.3 Å². The van der Waals surface area contributed by atoms with E-state index in [-0.39, 0.29) is 17.0 Å². The largest absolute Gasteiger partial charge is 0.494 e. The summed E-state index contributed by atoms with van der Waals surface area (Å²) in [5.74, 6) is -1.24. The van der Waals surface area contributed by atoms with Crippen molar-refractivity contribution in [1.82, 2.24) is 0 Å². The number of carboxylic acid groups (broad SMARTS) is 1. The molecule has 0 spiro atoms. The molecule has 0 radical (unpaired) electrons. The number of halogens is 1. The molecule has 1 unspecified atom stereocenters. The SMILES string of the molecule is CCCCCCCCCCOc1ccc(C(=O)O)c(-c2ccc(-c3ccc(C(=O)OCC(C)CC)cc3F)cc2)c1. The van der Waals surface area contributed by atoms with Gasteiger partial charge in [0.05, 0.1) is 24.3 Å². The van der Waals surface area contributed by atoms with Gasteiger partial charge in [0.25, 0.3) is 0 Å². The van der Waals surface area contributed by atoms with Gasteiger partial charge >= 0.3 is 11.9 Å². The van der Waals surface area contributed by atoms with Crippen LogP contribution in [0.2, 0.25) is 0 Å². The average Bonchev–Trinajstić information content (AvgIpc) is 2.98. The summed E-state index contributed by atoms with van der Waals surface area (Å²) in [5, 5.41) is 9.76. The lowest BCUT2D eigenvalue weighted by Crippen LogP contribution is -2.11. The monoisotopic (exact) mass is 562 g/mol. The normalized spacial score (nSPS) is 11.7. The third-order valence-corrected chi connectivity index (χ3v) is 7.40. The van der Waals surface area contributed by atoms with Crippen molar-refractivity contribution in [2.45, 2.75) is 78.6 Å². The minimum absolute atomic E-state index is 0.168. The Morgan fingerprint density at radius 3 is 2.05 bits per heavy atom. The quantitative estimate of drug-likeness (QED) is 0.131. The summed E-state index contributed by atoms with van der Waals surface area (Å²) >= 11 is 0. The highest BCUT2D eigenvalue weighted by molar-refractivity contribution is 5.96. The van der Waals surface area contributed by atoms with E-state index in [1.165, 1.54) is 44.6 Å². The second kappa shape index (κ2) is 16.6. The summed E-state index contributed by atoms with van der Waals surface area (Å²) in [4.78, 5) is 24.2. The summed E-state index contributed by atoms with van der Waals surface area (Å²) in [6, 6.07) is 16.3. The Kier molecular flexibility index (Phi) is 12.9. The van der Waals surface area contributed by atoms with Gasteiger partial charge in [-0.3, -0.25) is 0 Å². The standard InChI is InChI=1S/C35H43FO5/c1-4-6-7-8-9-10-11-12-21-40-29-18-20-31(34(37)38)32(23-29)27-15-13-26(14-16-27)30-19-17-28(22-33(30)36)35(39)41-24-25(3)5-2/h13-20,22-23,25H,4-12,21,24H2,1-3H3,(H,37,38). The van der Waals surface area contributed by atoms with Crippen LogP contribution in [-0.2, 0) is 4.74 Å². The van der Waals surface area contributed by atoms with Gasteiger partial charge in [-0.05, 0) is 59.4 Å². The number of carboxylic acids is 1. The highest BCUT2D eigenvalue weighted by Crippen LogP contribution is 2.31. The molecule has 0 heterocycles. The Morgan fingerprint density at radius 2 is 1.44 bits per heavy atom. The van der Waals surface area contributed by atoms with Gasteiger partial charge < -0.3 is 14.6 Å². The van der Waals surface area contributed by atoms with E-state index in [1.807, 2.05) is 13.8 Å². The number of ether oxygens (including phenoxy) is 2. The highest BCUT2D eigenvalue weighted by atomic mass is 19.1. The van der Waals surface area contributed by atoms with Crippen LogP contribution in [0.25, 0.3) is 22.3 Å². The molecular formula is C35H43FO5. The van der Waals surface area contributed by atoms with Crippen molar-refractivity contribution in [1.29, 1.82) is 0 Å². The molecule has 1 atom stereocenters. The van der Waals surface area contributed by atoms with Crippen molar-refractivity contribution < 1.29 is 28.6 Å². The Hall–Kier alpha value is -3.67. The predicted molar refractivity (Wildman–Crippen MR) is 162 cm³/mol. The number of hydrogen-bond donors (Lipinski definition) is 1. The maximum Gasteiger partial charge on any atom is 0.338 e. The van der Waals surface area contributed by atoms with Gasteiger partial charge in [0.15, 0.2) is 0 Å². The summed E-state index contributed by atoms with van der Waals surface area (Å²) in [6.07, 6.45) is 10.6. The van der Waals surface area contributed by atoms with E-state index in [9.17, 15) is 19.1 Å². The van der Waals surface area contributed by atoms with E-state index in [2.05, 4.69) is 6.92 Å². The topological polar surface area (TPSA) is 72.8 Å². The minimum atomic E-state index is -1.03. The maximum atomic E-state index is 15.0. The number of carbonyl (C=O) groups is 2. The lowest BCUT2D eigenvalue weighted by Gasteiger charge is -2.12. The van der Waals surface area contributed by atoms with Gasteiger partial charge in [0, 0.05) is 5.56 Å². The Balaban J connectivity index is 1.66. The average molecular weight is 563 g/mol. The second-order valence-corrected chi connectivity index (χ2v) is 10.7. The van der Waals surface area contributed by atoms with Crippen molar-refractivity contribution in [3.8, 4) is 28.0 Å². The third-order valence-electron chi connectivity index (χ3n) is 7.40. The first-order valence-corrected chi connectivity index (χ1v) is 14.9. The van der Waals surface area contributed by atoms with Gasteiger partial charge in [0.2, 0.25) is 0 Å². The molecule has 0 fully saturated rings. The molecule has 5 nitrogen and oxygen atoms in total. The fourth-order valence-corrected chi connectivity index (χ4v) is 4.59. The van der Waals surface area contributed by atoms with Gasteiger partial charge in [0.1, 0.15) is 11.6 Å². The first kappa shape index (κ1) is 31.9. The first-order valence-electron chi connectivity index (χ1n) is 14.9. The number of unbranched alkanes of at least 4 members (excludes halogenated alkanes) is 7. The molecular weight excluding hydrogens is 519 g/mol. The van der Waals surface area contributed by atoms with E-state index >= 15 is 0 Å². The number of aromatic carboxylic acids is 1. The summed E-state index contributed by atoms with van der Waals surface area (Å²) < 4.78 is 26.2. The zero-order chi connectivity index (χ0) is 29.6. The molecule has 0 aromatic heterocycles. The predicted octanol–water partition coefficient (Wildman–Crippen LogP) is 9.58. The van der Waals surface area contributed by atoms with Crippen LogP contribution in [0.5, 0.6) is 5.75 Å². The van der Waals surface area contributed by atoms with Gasteiger partial charge in [-0.2, -0.15) is 0 Å². The van der Waals surface area contributed by atoms with Crippen LogP contribution < -0.4 is 4.74 Å². The van der Waals surface area contributed by atoms with Crippen molar-refractivity contribution in [3.63, 3.8) is 0 Å². The molecule has 6 heteroatoms. The summed E-state index contributed by atoms with van der Waals surface area (Å²) in [5.41, 5.74) is 2.53. The molecule has 3 rings (SSSR count).